The van der Waals surface area contributed by atoms with Crippen LogP contribution in [0.25, 0.3) is 0 Å². The van der Waals surface area contributed by atoms with E-state index in [1.54, 1.807) is 6.92 Å². The van der Waals surface area contributed by atoms with Crippen LogP contribution >= 0.6 is 22.0 Å². The van der Waals surface area contributed by atoms with E-state index in [1.807, 2.05) is 0 Å². The summed E-state index contributed by atoms with van der Waals surface area (Å²) in [4.78, 5) is 11.2. The van der Waals surface area contributed by atoms with Crippen molar-refractivity contribution in [2.45, 2.75) is 11.1 Å². The summed E-state index contributed by atoms with van der Waals surface area (Å²) in [6.45, 7) is 2.28. The zero-order chi connectivity index (χ0) is 10.8. The number of thiophene rings is 1. The SMILES string of the molecule is CCNC(=O)c1csc(S(=O)(=O)Cl)c1. The molecule has 1 amide bonds. The molecular formula is C7H8ClNO3S2. The molecule has 0 saturated carbocycles. The predicted molar refractivity (Wildman–Crippen MR) is 55.4 cm³/mol. The van der Waals surface area contributed by atoms with E-state index < -0.39 is 9.05 Å². The topological polar surface area (TPSA) is 63.2 Å². The van der Waals surface area contributed by atoms with Crippen LogP contribution in [0, 0.1) is 0 Å². The molecule has 78 valence electrons. The first-order valence-corrected chi connectivity index (χ1v) is 6.95. The molecule has 1 aromatic rings. The molecule has 1 aromatic heterocycles. The van der Waals surface area contributed by atoms with E-state index in [2.05, 4.69) is 5.32 Å². The molecule has 4 nitrogen and oxygen atoms in total. The average molecular weight is 254 g/mol. The van der Waals surface area contributed by atoms with E-state index in [1.165, 1.54) is 11.4 Å². The molecule has 0 bridgehead atoms. The Morgan fingerprint density at radius 2 is 2.29 bits per heavy atom. The molecule has 7 heteroatoms. The van der Waals surface area contributed by atoms with Crippen molar-refractivity contribution < 1.29 is 13.2 Å². The molecule has 1 rings (SSSR count). The monoisotopic (exact) mass is 253 g/mol. The van der Waals surface area contributed by atoms with Gasteiger partial charge in [-0.2, -0.15) is 0 Å². The van der Waals surface area contributed by atoms with Crippen LogP contribution in [0.4, 0.5) is 0 Å². The van der Waals surface area contributed by atoms with Crippen molar-refractivity contribution in [3.8, 4) is 0 Å². The molecule has 0 atom stereocenters. The van der Waals surface area contributed by atoms with Gasteiger partial charge in [0, 0.05) is 22.6 Å². The van der Waals surface area contributed by atoms with Crippen molar-refractivity contribution in [2.75, 3.05) is 6.54 Å². The molecule has 0 radical (unpaired) electrons. The van der Waals surface area contributed by atoms with Crippen molar-refractivity contribution in [2.24, 2.45) is 0 Å². The van der Waals surface area contributed by atoms with Gasteiger partial charge in [0.1, 0.15) is 4.21 Å². The van der Waals surface area contributed by atoms with E-state index in [0.717, 1.165) is 11.3 Å². The van der Waals surface area contributed by atoms with Crippen molar-refractivity contribution in [3.63, 3.8) is 0 Å². The summed E-state index contributed by atoms with van der Waals surface area (Å²) < 4.78 is 21.7. The fraction of sp³-hybridized carbons (Fsp3) is 0.286. The van der Waals surface area contributed by atoms with Crippen LogP contribution in [-0.4, -0.2) is 20.9 Å². The minimum atomic E-state index is -3.72. The highest BCUT2D eigenvalue weighted by atomic mass is 35.7. The smallest absolute Gasteiger partial charge is 0.270 e. The Labute approximate surface area is 90.3 Å². The largest absolute Gasteiger partial charge is 0.352 e. The van der Waals surface area contributed by atoms with E-state index >= 15 is 0 Å². The highest BCUT2D eigenvalue weighted by molar-refractivity contribution is 8.15. The fourth-order valence-corrected chi connectivity index (χ4v) is 2.77. The molecule has 0 aromatic carbocycles. The van der Waals surface area contributed by atoms with Gasteiger partial charge in [-0.25, -0.2) is 8.42 Å². The molecule has 14 heavy (non-hydrogen) atoms. The summed E-state index contributed by atoms with van der Waals surface area (Å²) in [5.74, 6) is -0.296. The van der Waals surface area contributed by atoms with Gasteiger partial charge in [-0.3, -0.25) is 4.79 Å². The van der Waals surface area contributed by atoms with Gasteiger partial charge >= 0.3 is 0 Å². The van der Waals surface area contributed by atoms with Gasteiger partial charge in [-0.1, -0.05) is 0 Å². The minimum absolute atomic E-state index is 0.0135. The molecule has 0 aliphatic carbocycles. The van der Waals surface area contributed by atoms with Crippen LogP contribution in [0.15, 0.2) is 15.7 Å². The predicted octanol–water partition coefficient (Wildman–Crippen LogP) is 1.43. The van der Waals surface area contributed by atoms with Crippen LogP contribution in [0.5, 0.6) is 0 Å². The molecule has 0 unspecified atom stereocenters. The van der Waals surface area contributed by atoms with Gasteiger partial charge < -0.3 is 5.32 Å². The summed E-state index contributed by atoms with van der Waals surface area (Å²) in [6, 6.07) is 1.26. The molecule has 0 saturated heterocycles. The van der Waals surface area contributed by atoms with Gasteiger partial charge in [-0.05, 0) is 13.0 Å². The number of amides is 1. The van der Waals surface area contributed by atoms with Crippen molar-refractivity contribution in [1.82, 2.24) is 5.32 Å². The van der Waals surface area contributed by atoms with Crippen LogP contribution in [0.1, 0.15) is 17.3 Å². The van der Waals surface area contributed by atoms with E-state index in [9.17, 15) is 13.2 Å². The normalized spacial score (nSPS) is 11.3. The number of carbonyl (C=O) groups excluding carboxylic acids is 1. The highest BCUT2D eigenvalue weighted by Gasteiger charge is 2.15. The van der Waals surface area contributed by atoms with Crippen LogP contribution in [0.2, 0.25) is 0 Å². The summed E-state index contributed by atoms with van der Waals surface area (Å²) in [5.41, 5.74) is 0.316. The quantitative estimate of drug-likeness (QED) is 0.829. The van der Waals surface area contributed by atoms with E-state index in [-0.39, 0.29) is 10.1 Å². The fourth-order valence-electron chi connectivity index (χ4n) is 0.826. The Hall–Kier alpha value is -0.590. The molecule has 0 fully saturated rings. The Kier molecular flexibility index (Phi) is 3.52. The summed E-state index contributed by atoms with van der Waals surface area (Å²) in [6.07, 6.45) is 0. The maximum absolute atomic E-state index is 11.2. The van der Waals surface area contributed by atoms with Crippen LogP contribution < -0.4 is 5.32 Å². The second kappa shape index (κ2) is 4.29. The zero-order valence-electron chi connectivity index (χ0n) is 7.28. The van der Waals surface area contributed by atoms with Crippen molar-refractivity contribution >= 4 is 37.0 Å². The van der Waals surface area contributed by atoms with Gasteiger partial charge in [0.15, 0.2) is 0 Å². The van der Waals surface area contributed by atoms with Crippen LogP contribution in [0.3, 0.4) is 0 Å². The van der Waals surface area contributed by atoms with Gasteiger partial charge in [0.25, 0.3) is 15.0 Å². The Morgan fingerprint density at radius 3 is 2.71 bits per heavy atom. The number of halogens is 1. The third-order valence-electron chi connectivity index (χ3n) is 1.42. The third kappa shape index (κ3) is 2.70. The van der Waals surface area contributed by atoms with E-state index in [4.69, 9.17) is 10.7 Å². The van der Waals surface area contributed by atoms with Crippen molar-refractivity contribution in [1.29, 1.82) is 0 Å². The molecule has 0 aliphatic rings. The second-order valence-corrected chi connectivity index (χ2v) is 6.16. The lowest BCUT2D eigenvalue weighted by Gasteiger charge is -1.96. The number of carbonyl (C=O) groups is 1. The van der Waals surface area contributed by atoms with Gasteiger partial charge in [0.2, 0.25) is 0 Å². The Morgan fingerprint density at radius 1 is 1.64 bits per heavy atom. The van der Waals surface area contributed by atoms with Crippen LogP contribution in [-0.2, 0) is 9.05 Å². The summed E-state index contributed by atoms with van der Waals surface area (Å²) in [5, 5.41) is 4.01. The second-order valence-electron chi connectivity index (χ2n) is 2.45. The maximum atomic E-state index is 11.2. The number of rotatable bonds is 3. The van der Waals surface area contributed by atoms with Gasteiger partial charge in [0.05, 0.1) is 5.56 Å². The molecule has 1 N–H and O–H groups in total. The standard InChI is InChI=1S/C7H8ClNO3S2/c1-2-9-7(10)5-3-6(13-4-5)14(8,11)12/h3-4H,2H2,1H3,(H,9,10). The summed E-state index contributed by atoms with van der Waals surface area (Å²) >= 11 is 0.930. The Balaban J connectivity index is 2.94. The lowest BCUT2D eigenvalue weighted by molar-refractivity contribution is 0.0956. The highest BCUT2D eigenvalue weighted by Crippen LogP contribution is 2.23. The van der Waals surface area contributed by atoms with Crippen molar-refractivity contribution in [3.05, 3.63) is 17.0 Å². The maximum Gasteiger partial charge on any atom is 0.270 e. The Bertz CT molecular complexity index is 438. The number of hydrogen-bond donors (Lipinski definition) is 1. The number of hydrogen-bond acceptors (Lipinski definition) is 4. The average Bonchev–Trinajstić information content (AvgIpc) is 2.51. The lowest BCUT2D eigenvalue weighted by atomic mass is 10.3. The minimum Gasteiger partial charge on any atom is -0.352 e. The molecular weight excluding hydrogens is 246 g/mol. The lowest BCUT2D eigenvalue weighted by Crippen LogP contribution is -2.21. The molecule has 0 aliphatic heterocycles. The third-order valence-corrected chi connectivity index (χ3v) is 4.46. The first-order valence-electron chi connectivity index (χ1n) is 3.76. The van der Waals surface area contributed by atoms with E-state index in [0.29, 0.717) is 12.1 Å². The number of nitrogens with one attached hydrogen (secondary N) is 1. The molecule has 1 heterocycles. The first kappa shape index (κ1) is 11.5. The summed E-state index contributed by atoms with van der Waals surface area (Å²) in [7, 11) is 1.38. The molecule has 0 spiro atoms. The zero-order valence-corrected chi connectivity index (χ0v) is 9.67. The van der Waals surface area contributed by atoms with Gasteiger partial charge in [-0.15, -0.1) is 11.3 Å². The first-order chi connectivity index (χ1) is 6.45.